The van der Waals surface area contributed by atoms with Crippen LogP contribution in [0.2, 0.25) is 5.02 Å². The molecule has 1 amide bonds. The Labute approximate surface area is 118 Å². The van der Waals surface area contributed by atoms with Crippen LogP contribution in [0.3, 0.4) is 0 Å². The van der Waals surface area contributed by atoms with Crippen LogP contribution in [0.1, 0.15) is 12.8 Å². The van der Waals surface area contributed by atoms with E-state index < -0.39 is 22.8 Å². The first-order chi connectivity index (χ1) is 9.31. The third-order valence-electron chi connectivity index (χ3n) is 2.42. The van der Waals surface area contributed by atoms with Crippen molar-refractivity contribution < 1.29 is 19.6 Å². The van der Waals surface area contributed by atoms with E-state index in [-0.39, 0.29) is 29.2 Å². The zero-order valence-corrected chi connectivity index (χ0v) is 11.0. The molecule has 0 fully saturated rings. The Kier molecular flexibility index (Phi) is 5.42. The number of hydrogen-bond acceptors (Lipinski definition) is 5. The van der Waals surface area contributed by atoms with E-state index in [1.54, 1.807) is 0 Å². The number of aliphatic carboxylic acids is 1. The molecule has 0 aliphatic carbocycles. The number of carbonyl (C=O) groups excluding carboxylic acids is 1. The largest absolute Gasteiger partial charge is 0.481 e. The Balaban J connectivity index is 2.73. The molecule has 1 aromatic carbocycles. The van der Waals surface area contributed by atoms with Gasteiger partial charge in [0.1, 0.15) is 5.02 Å². The fourth-order valence-corrected chi connectivity index (χ4v) is 1.56. The third kappa shape index (κ3) is 4.48. The molecule has 1 aromatic rings. The van der Waals surface area contributed by atoms with Crippen LogP contribution < -0.4 is 11.1 Å². The number of nitrogens with zero attached hydrogens (tertiary/aromatic N) is 1. The highest BCUT2D eigenvalue weighted by Gasteiger charge is 2.17. The van der Waals surface area contributed by atoms with Crippen LogP contribution in [0.25, 0.3) is 0 Å². The Morgan fingerprint density at radius 2 is 2.15 bits per heavy atom. The molecule has 0 aromatic heterocycles. The minimum atomic E-state index is -1.06. The topological polar surface area (TPSA) is 136 Å². The highest BCUT2D eigenvalue weighted by molar-refractivity contribution is 6.32. The van der Waals surface area contributed by atoms with Gasteiger partial charge >= 0.3 is 5.97 Å². The van der Waals surface area contributed by atoms with Crippen LogP contribution in [0.5, 0.6) is 0 Å². The highest BCUT2D eigenvalue weighted by Crippen LogP contribution is 2.27. The van der Waals surface area contributed by atoms with E-state index in [2.05, 4.69) is 5.32 Å². The van der Waals surface area contributed by atoms with Crippen LogP contribution in [-0.2, 0) is 9.59 Å². The summed E-state index contributed by atoms with van der Waals surface area (Å²) in [5.74, 6) is -1.68. The maximum atomic E-state index is 11.7. The summed E-state index contributed by atoms with van der Waals surface area (Å²) in [4.78, 5) is 32.0. The molecule has 0 aliphatic rings. The monoisotopic (exact) mass is 301 g/mol. The maximum Gasteiger partial charge on any atom is 0.303 e. The summed E-state index contributed by atoms with van der Waals surface area (Å²) >= 11 is 5.63. The Hall–Kier alpha value is -2.19. The number of amides is 1. The second-order valence-corrected chi connectivity index (χ2v) is 4.36. The molecule has 0 spiro atoms. The first-order valence-electron chi connectivity index (χ1n) is 5.53. The van der Waals surface area contributed by atoms with E-state index in [1.165, 1.54) is 12.1 Å². The smallest absolute Gasteiger partial charge is 0.303 e. The highest BCUT2D eigenvalue weighted by atomic mass is 35.5. The van der Waals surface area contributed by atoms with Gasteiger partial charge in [0.15, 0.2) is 0 Å². The lowest BCUT2D eigenvalue weighted by Gasteiger charge is -2.11. The SMILES string of the molecule is NC(CCC(=O)O)C(=O)Nc1ccc(Cl)c([N+](=O)[O-])c1. The lowest BCUT2D eigenvalue weighted by Crippen LogP contribution is -2.36. The zero-order valence-electron chi connectivity index (χ0n) is 10.2. The van der Waals surface area contributed by atoms with Gasteiger partial charge in [-0.15, -0.1) is 0 Å². The summed E-state index contributed by atoms with van der Waals surface area (Å²) in [7, 11) is 0. The first kappa shape index (κ1) is 15.9. The summed E-state index contributed by atoms with van der Waals surface area (Å²) in [5.41, 5.74) is 5.33. The van der Waals surface area contributed by atoms with Crippen molar-refractivity contribution in [2.24, 2.45) is 5.73 Å². The van der Waals surface area contributed by atoms with Gasteiger partial charge in [-0.3, -0.25) is 19.7 Å². The Morgan fingerprint density at radius 3 is 2.70 bits per heavy atom. The number of nitrogens with two attached hydrogens (primary N) is 1. The number of nitro benzene ring substituents is 1. The van der Waals surface area contributed by atoms with Crippen molar-refractivity contribution in [3.63, 3.8) is 0 Å². The Morgan fingerprint density at radius 1 is 1.50 bits per heavy atom. The lowest BCUT2D eigenvalue weighted by atomic mass is 10.1. The van der Waals surface area contributed by atoms with Gasteiger partial charge in [-0.2, -0.15) is 0 Å². The number of carbonyl (C=O) groups is 2. The minimum Gasteiger partial charge on any atom is -0.481 e. The molecule has 108 valence electrons. The minimum absolute atomic E-state index is 0.0309. The molecule has 0 heterocycles. The van der Waals surface area contributed by atoms with Crippen LogP contribution >= 0.6 is 11.6 Å². The molecule has 9 heteroatoms. The van der Waals surface area contributed by atoms with E-state index in [9.17, 15) is 19.7 Å². The quantitative estimate of drug-likeness (QED) is 0.536. The molecule has 0 saturated heterocycles. The number of carboxylic acids is 1. The average molecular weight is 302 g/mol. The number of benzene rings is 1. The van der Waals surface area contributed by atoms with Crippen molar-refractivity contribution in [3.8, 4) is 0 Å². The number of anilines is 1. The van der Waals surface area contributed by atoms with Gasteiger partial charge in [0.25, 0.3) is 5.69 Å². The number of carboxylic acid groups (broad SMARTS) is 1. The lowest BCUT2D eigenvalue weighted by molar-refractivity contribution is -0.384. The van der Waals surface area contributed by atoms with Crippen molar-refractivity contribution in [1.29, 1.82) is 0 Å². The van der Waals surface area contributed by atoms with E-state index in [0.29, 0.717) is 0 Å². The van der Waals surface area contributed by atoms with Crippen LogP contribution in [-0.4, -0.2) is 27.9 Å². The van der Waals surface area contributed by atoms with E-state index >= 15 is 0 Å². The van der Waals surface area contributed by atoms with Gasteiger partial charge in [-0.05, 0) is 18.6 Å². The summed E-state index contributed by atoms with van der Waals surface area (Å²) in [6, 6.07) is 2.75. The zero-order chi connectivity index (χ0) is 15.3. The molecule has 4 N–H and O–H groups in total. The summed E-state index contributed by atoms with van der Waals surface area (Å²) in [5, 5.41) is 21.5. The maximum absolute atomic E-state index is 11.7. The summed E-state index contributed by atoms with van der Waals surface area (Å²) < 4.78 is 0. The van der Waals surface area contributed by atoms with Crippen LogP contribution in [0.15, 0.2) is 18.2 Å². The molecule has 1 atom stereocenters. The predicted octanol–water partition coefficient (Wildman–Crippen LogP) is 1.38. The average Bonchev–Trinajstić information content (AvgIpc) is 2.37. The molecule has 20 heavy (non-hydrogen) atoms. The summed E-state index contributed by atoms with van der Waals surface area (Å²) in [6.45, 7) is 0. The van der Waals surface area contributed by atoms with Gasteiger partial charge in [0.05, 0.1) is 11.0 Å². The van der Waals surface area contributed by atoms with Crippen molar-refractivity contribution in [3.05, 3.63) is 33.3 Å². The number of halogens is 1. The second kappa shape index (κ2) is 6.83. The van der Waals surface area contributed by atoms with Gasteiger partial charge in [0.2, 0.25) is 5.91 Å². The molecule has 0 aliphatic heterocycles. The number of nitro groups is 1. The fraction of sp³-hybridized carbons (Fsp3) is 0.273. The van der Waals surface area contributed by atoms with Gasteiger partial charge in [0, 0.05) is 18.2 Å². The van der Waals surface area contributed by atoms with Crippen molar-refractivity contribution >= 4 is 34.9 Å². The van der Waals surface area contributed by atoms with Gasteiger partial charge in [-0.1, -0.05) is 11.6 Å². The fourth-order valence-electron chi connectivity index (χ4n) is 1.38. The van der Waals surface area contributed by atoms with Gasteiger partial charge in [-0.25, -0.2) is 0 Å². The van der Waals surface area contributed by atoms with E-state index in [4.69, 9.17) is 22.4 Å². The molecule has 8 nitrogen and oxygen atoms in total. The standard InChI is InChI=1S/C11H12ClN3O5/c12-7-2-1-6(5-9(7)15(19)20)14-11(18)8(13)3-4-10(16)17/h1-2,5,8H,3-4,13H2,(H,14,18)(H,16,17). The third-order valence-corrected chi connectivity index (χ3v) is 2.74. The molecule has 0 radical (unpaired) electrons. The first-order valence-corrected chi connectivity index (χ1v) is 5.91. The van der Waals surface area contributed by atoms with Crippen LogP contribution in [0.4, 0.5) is 11.4 Å². The van der Waals surface area contributed by atoms with Crippen molar-refractivity contribution in [1.82, 2.24) is 0 Å². The van der Waals surface area contributed by atoms with Crippen molar-refractivity contribution in [2.45, 2.75) is 18.9 Å². The van der Waals surface area contributed by atoms with Crippen molar-refractivity contribution in [2.75, 3.05) is 5.32 Å². The Bertz CT molecular complexity index is 549. The predicted molar refractivity (Wildman–Crippen MR) is 71.6 cm³/mol. The number of nitrogens with one attached hydrogen (secondary N) is 1. The molecular weight excluding hydrogens is 290 g/mol. The second-order valence-electron chi connectivity index (χ2n) is 3.95. The van der Waals surface area contributed by atoms with E-state index in [0.717, 1.165) is 6.07 Å². The number of rotatable bonds is 6. The normalized spacial score (nSPS) is 11.7. The molecule has 1 rings (SSSR count). The van der Waals surface area contributed by atoms with E-state index in [1.807, 2.05) is 0 Å². The molecule has 0 saturated carbocycles. The molecule has 1 unspecified atom stereocenters. The van der Waals surface area contributed by atoms with Gasteiger partial charge < -0.3 is 16.2 Å². The summed E-state index contributed by atoms with van der Waals surface area (Å²) in [6.07, 6.45) is -0.272. The molecule has 0 bridgehead atoms. The molecular formula is C11H12ClN3O5. The number of hydrogen-bond donors (Lipinski definition) is 3. The van der Waals surface area contributed by atoms with Crippen LogP contribution in [0, 0.1) is 10.1 Å².